The van der Waals surface area contributed by atoms with Crippen molar-refractivity contribution in [1.29, 1.82) is 0 Å². The lowest BCUT2D eigenvalue weighted by Gasteiger charge is -2.17. The molecule has 6 nitrogen and oxygen atoms in total. The maximum Gasteiger partial charge on any atom is 0.259 e. The van der Waals surface area contributed by atoms with Gasteiger partial charge in [0.05, 0.1) is 11.6 Å². The molecule has 3 aromatic rings. The number of aromatic nitrogens is 5. The van der Waals surface area contributed by atoms with Crippen LogP contribution in [0, 0.1) is 5.92 Å². The summed E-state index contributed by atoms with van der Waals surface area (Å²) in [5.74, 6) is 1.32. The number of hydrogen-bond acceptors (Lipinski definition) is 5. The first-order valence-corrected chi connectivity index (χ1v) is 7.90. The van der Waals surface area contributed by atoms with Crippen molar-refractivity contribution in [3.8, 4) is 0 Å². The number of fused-ring (bicyclic) bond motifs is 3. The van der Waals surface area contributed by atoms with Gasteiger partial charge in [-0.25, -0.2) is 9.67 Å². The van der Waals surface area contributed by atoms with Gasteiger partial charge in [-0.2, -0.15) is 0 Å². The molecule has 1 atom stereocenters. The Bertz CT molecular complexity index is 848. The van der Waals surface area contributed by atoms with Crippen LogP contribution in [0.5, 0.6) is 0 Å². The first-order valence-electron chi connectivity index (χ1n) is 7.08. The Kier molecular flexibility index (Phi) is 2.88. The molecule has 0 unspecified atom stereocenters. The molecule has 0 fully saturated rings. The molecule has 7 heteroatoms. The van der Waals surface area contributed by atoms with E-state index in [-0.39, 0.29) is 5.56 Å². The van der Waals surface area contributed by atoms with Crippen LogP contribution in [0.3, 0.4) is 0 Å². The van der Waals surface area contributed by atoms with Crippen molar-refractivity contribution in [3.63, 3.8) is 0 Å². The predicted octanol–water partition coefficient (Wildman–Crippen LogP) is 1.75. The molecule has 0 saturated carbocycles. The quantitative estimate of drug-likeness (QED) is 0.782. The van der Waals surface area contributed by atoms with Gasteiger partial charge in [0.15, 0.2) is 0 Å². The minimum Gasteiger partial charge on any atom is -0.308 e. The first kappa shape index (κ1) is 12.7. The molecule has 1 aliphatic carbocycles. The fourth-order valence-electron chi connectivity index (χ4n) is 2.94. The summed E-state index contributed by atoms with van der Waals surface area (Å²) >= 11 is 1.67. The standard InChI is InChI=1S/C14H15N5OS/c1-8-2-3-9-10(6-8)21-14-12(9)13(20)16-11(17-14)7-19-5-4-15-18-19/h4-5,8H,2-3,6-7H2,1H3,(H,16,17,20)/t8-/m1/s1. The van der Waals surface area contributed by atoms with Crippen LogP contribution in [0.15, 0.2) is 17.2 Å². The lowest BCUT2D eigenvalue weighted by molar-refractivity contribution is 0.509. The van der Waals surface area contributed by atoms with Crippen LogP contribution >= 0.6 is 11.3 Å². The van der Waals surface area contributed by atoms with Crippen molar-refractivity contribution < 1.29 is 0 Å². The largest absolute Gasteiger partial charge is 0.308 e. The highest BCUT2D eigenvalue weighted by molar-refractivity contribution is 7.18. The van der Waals surface area contributed by atoms with Crippen LogP contribution in [0.1, 0.15) is 29.6 Å². The Labute approximate surface area is 124 Å². The van der Waals surface area contributed by atoms with Crippen molar-refractivity contribution in [1.82, 2.24) is 25.0 Å². The summed E-state index contributed by atoms with van der Waals surface area (Å²) in [7, 11) is 0. The third kappa shape index (κ3) is 2.17. The molecular formula is C14H15N5OS. The van der Waals surface area contributed by atoms with Crippen LogP contribution in [0.2, 0.25) is 0 Å². The molecule has 0 aliphatic heterocycles. The molecule has 1 N–H and O–H groups in total. The summed E-state index contributed by atoms with van der Waals surface area (Å²) in [5.41, 5.74) is 1.19. The Morgan fingerprint density at radius 3 is 3.24 bits per heavy atom. The van der Waals surface area contributed by atoms with Gasteiger partial charge in [-0.3, -0.25) is 4.79 Å². The van der Waals surface area contributed by atoms with E-state index in [1.807, 2.05) is 0 Å². The zero-order valence-corrected chi connectivity index (χ0v) is 12.5. The van der Waals surface area contributed by atoms with Gasteiger partial charge in [0, 0.05) is 11.1 Å². The molecule has 0 spiro atoms. The molecule has 0 amide bonds. The molecule has 3 aromatic heterocycles. The summed E-state index contributed by atoms with van der Waals surface area (Å²) in [5, 5.41) is 8.46. The van der Waals surface area contributed by atoms with E-state index in [4.69, 9.17) is 0 Å². The molecule has 21 heavy (non-hydrogen) atoms. The number of nitrogens with zero attached hydrogens (tertiary/aromatic N) is 4. The number of aromatic amines is 1. The van der Waals surface area contributed by atoms with Crippen LogP contribution in [-0.2, 0) is 19.4 Å². The Morgan fingerprint density at radius 2 is 2.43 bits per heavy atom. The van der Waals surface area contributed by atoms with Crippen molar-refractivity contribution in [2.45, 2.75) is 32.7 Å². The molecule has 3 heterocycles. The van der Waals surface area contributed by atoms with Crippen molar-refractivity contribution in [3.05, 3.63) is 39.0 Å². The summed E-state index contributed by atoms with van der Waals surface area (Å²) < 4.78 is 1.65. The molecule has 0 saturated heterocycles. The summed E-state index contributed by atoms with van der Waals surface area (Å²) in [6.07, 6.45) is 6.57. The smallest absolute Gasteiger partial charge is 0.259 e. The van der Waals surface area contributed by atoms with E-state index in [0.717, 1.165) is 29.5 Å². The summed E-state index contributed by atoms with van der Waals surface area (Å²) in [4.78, 5) is 22.1. The van der Waals surface area contributed by atoms with Gasteiger partial charge in [0.25, 0.3) is 5.56 Å². The maximum atomic E-state index is 12.4. The first-order chi connectivity index (χ1) is 10.2. The average molecular weight is 301 g/mol. The van der Waals surface area contributed by atoms with E-state index < -0.39 is 0 Å². The van der Waals surface area contributed by atoms with Crippen molar-refractivity contribution in [2.24, 2.45) is 5.92 Å². The third-order valence-corrected chi connectivity index (χ3v) is 5.15. The molecule has 0 aromatic carbocycles. The maximum absolute atomic E-state index is 12.4. The number of nitrogens with one attached hydrogen (secondary N) is 1. The SMILES string of the molecule is C[C@@H]1CCc2c(sc3nc(Cn4ccnn4)[nH]c(=O)c23)C1. The van der Waals surface area contributed by atoms with E-state index in [1.165, 1.54) is 10.4 Å². The van der Waals surface area contributed by atoms with E-state index in [2.05, 4.69) is 27.2 Å². The normalized spacial score (nSPS) is 18.0. The zero-order chi connectivity index (χ0) is 14.4. The van der Waals surface area contributed by atoms with Crippen molar-refractivity contribution in [2.75, 3.05) is 0 Å². The van der Waals surface area contributed by atoms with Crippen molar-refractivity contribution >= 4 is 21.6 Å². The number of thiophene rings is 1. The predicted molar refractivity (Wildman–Crippen MR) is 80.6 cm³/mol. The molecule has 4 rings (SSSR count). The van der Waals surface area contributed by atoms with Crippen LogP contribution in [0.25, 0.3) is 10.2 Å². The Balaban J connectivity index is 1.82. The highest BCUT2D eigenvalue weighted by Crippen LogP contribution is 2.35. The van der Waals surface area contributed by atoms with Gasteiger partial charge in [-0.1, -0.05) is 12.1 Å². The van der Waals surface area contributed by atoms with Gasteiger partial charge < -0.3 is 4.98 Å². The topological polar surface area (TPSA) is 76.5 Å². The number of hydrogen-bond donors (Lipinski definition) is 1. The van der Waals surface area contributed by atoms with Crippen LogP contribution in [-0.4, -0.2) is 25.0 Å². The van der Waals surface area contributed by atoms with E-state index in [9.17, 15) is 4.79 Å². The third-order valence-electron chi connectivity index (χ3n) is 4.00. The Hall–Kier alpha value is -2.02. The van der Waals surface area contributed by atoms with E-state index in [0.29, 0.717) is 18.3 Å². The lowest BCUT2D eigenvalue weighted by Crippen LogP contribution is -2.16. The summed E-state index contributed by atoms with van der Waals surface area (Å²) in [6.45, 7) is 2.70. The number of rotatable bonds is 2. The second-order valence-corrected chi connectivity index (χ2v) is 6.73. The average Bonchev–Trinajstić information content (AvgIpc) is 3.05. The van der Waals surface area contributed by atoms with Crippen LogP contribution < -0.4 is 5.56 Å². The van der Waals surface area contributed by atoms with Gasteiger partial charge in [-0.15, -0.1) is 16.4 Å². The molecular weight excluding hydrogens is 286 g/mol. The van der Waals surface area contributed by atoms with Gasteiger partial charge in [0.2, 0.25) is 0 Å². The van der Waals surface area contributed by atoms with Gasteiger partial charge >= 0.3 is 0 Å². The lowest BCUT2D eigenvalue weighted by atomic mass is 9.89. The molecule has 108 valence electrons. The fourth-order valence-corrected chi connectivity index (χ4v) is 4.34. The highest BCUT2D eigenvalue weighted by atomic mass is 32.1. The highest BCUT2D eigenvalue weighted by Gasteiger charge is 2.22. The molecule has 0 bridgehead atoms. The minimum absolute atomic E-state index is 0.0258. The Morgan fingerprint density at radius 1 is 1.52 bits per heavy atom. The van der Waals surface area contributed by atoms with E-state index >= 15 is 0 Å². The fraction of sp³-hybridized carbons (Fsp3) is 0.429. The minimum atomic E-state index is -0.0258. The summed E-state index contributed by atoms with van der Waals surface area (Å²) in [6, 6.07) is 0. The van der Waals surface area contributed by atoms with Gasteiger partial charge in [0.1, 0.15) is 17.2 Å². The molecule has 1 aliphatic rings. The second kappa shape index (κ2) is 4.77. The number of aryl methyl sites for hydroxylation is 1. The zero-order valence-electron chi connectivity index (χ0n) is 11.7. The van der Waals surface area contributed by atoms with Gasteiger partial charge in [-0.05, 0) is 30.7 Å². The molecule has 0 radical (unpaired) electrons. The van der Waals surface area contributed by atoms with E-state index in [1.54, 1.807) is 28.4 Å². The number of H-pyrrole nitrogens is 1. The second-order valence-electron chi connectivity index (χ2n) is 5.65. The van der Waals surface area contributed by atoms with Crippen LogP contribution in [0.4, 0.5) is 0 Å². The monoisotopic (exact) mass is 301 g/mol.